The Kier molecular flexibility index (Phi) is 5.56. The minimum absolute atomic E-state index is 0.159. The van der Waals surface area contributed by atoms with Crippen molar-refractivity contribution in [1.82, 2.24) is 10.3 Å². The third kappa shape index (κ3) is 3.58. The minimum atomic E-state index is 0.159. The first kappa shape index (κ1) is 15.0. The number of hydrogen-bond acceptors (Lipinski definition) is 3. The Labute approximate surface area is 128 Å². The van der Waals surface area contributed by atoms with Crippen LogP contribution in [0.25, 0.3) is 0 Å². The lowest BCUT2D eigenvalue weighted by Crippen LogP contribution is -2.24. The summed E-state index contributed by atoms with van der Waals surface area (Å²) in [5.41, 5.74) is 2.21. The zero-order valence-corrected chi connectivity index (χ0v) is 13.4. The molecule has 0 aliphatic rings. The molecule has 0 bridgehead atoms. The van der Waals surface area contributed by atoms with Gasteiger partial charge < -0.3 is 10.1 Å². The zero-order valence-electron chi connectivity index (χ0n) is 11.8. The van der Waals surface area contributed by atoms with Gasteiger partial charge in [-0.05, 0) is 52.7 Å². The molecule has 1 N–H and O–H groups in total. The van der Waals surface area contributed by atoms with Gasteiger partial charge in [0.1, 0.15) is 5.75 Å². The molecular formula is C16H19BrN2O. The third-order valence-electron chi connectivity index (χ3n) is 3.18. The number of para-hydroxylation sites is 1. The van der Waals surface area contributed by atoms with Crippen LogP contribution in [0.1, 0.15) is 24.2 Å². The Bertz CT molecular complexity index is 560. The number of methoxy groups -OCH3 is 1. The number of halogens is 1. The fourth-order valence-corrected chi connectivity index (χ4v) is 2.79. The summed E-state index contributed by atoms with van der Waals surface area (Å²) in [6, 6.07) is 12.2. The number of benzene rings is 1. The van der Waals surface area contributed by atoms with E-state index in [4.69, 9.17) is 4.74 Å². The fourth-order valence-electron chi connectivity index (χ4n) is 2.26. The number of nitrogens with zero attached hydrogens (tertiary/aromatic N) is 1. The number of hydrogen-bond donors (Lipinski definition) is 1. The number of ether oxygens (including phenoxy) is 1. The van der Waals surface area contributed by atoms with Crippen molar-refractivity contribution in [2.75, 3.05) is 13.7 Å². The largest absolute Gasteiger partial charge is 0.496 e. The Balaban J connectivity index is 2.28. The van der Waals surface area contributed by atoms with Crippen molar-refractivity contribution in [3.05, 3.63) is 58.3 Å². The molecule has 0 fully saturated rings. The van der Waals surface area contributed by atoms with Crippen LogP contribution in [0.5, 0.6) is 5.75 Å². The highest BCUT2D eigenvalue weighted by atomic mass is 79.9. The van der Waals surface area contributed by atoms with Gasteiger partial charge in [0.25, 0.3) is 0 Å². The van der Waals surface area contributed by atoms with Crippen molar-refractivity contribution < 1.29 is 4.74 Å². The van der Waals surface area contributed by atoms with E-state index in [-0.39, 0.29) is 6.04 Å². The molecule has 0 aliphatic heterocycles. The first-order valence-corrected chi connectivity index (χ1v) is 7.51. The average Bonchev–Trinajstić information content (AvgIpc) is 2.48. The van der Waals surface area contributed by atoms with Gasteiger partial charge >= 0.3 is 0 Å². The highest BCUT2D eigenvalue weighted by Crippen LogP contribution is 2.27. The molecule has 0 spiro atoms. The van der Waals surface area contributed by atoms with E-state index >= 15 is 0 Å². The molecular weight excluding hydrogens is 316 g/mol. The van der Waals surface area contributed by atoms with Gasteiger partial charge in [0.2, 0.25) is 0 Å². The summed E-state index contributed by atoms with van der Waals surface area (Å²) in [6.07, 6.45) is 2.67. The van der Waals surface area contributed by atoms with Crippen LogP contribution in [0, 0.1) is 0 Å². The van der Waals surface area contributed by atoms with Gasteiger partial charge in [0.15, 0.2) is 0 Å². The molecule has 1 aromatic heterocycles. The first-order chi connectivity index (χ1) is 9.76. The number of aromatic nitrogens is 1. The molecule has 0 aliphatic carbocycles. The second-order valence-electron chi connectivity index (χ2n) is 4.50. The number of pyridine rings is 1. The molecule has 2 rings (SSSR count). The number of likely N-dealkylation sites (N-methyl/N-ethyl adjacent to an activating group) is 1. The van der Waals surface area contributed by atoms with Crippen LogP contribution >= 0.6 is 15.9 Å². The maximum Gasteiger partial charge on any atom is 0.122 e. The summed E-state index contributed by atoms with van der Waals surface area (Å²) < 4.78 is 6.46. The molecule has 0 amide bonds. The molecule has 1 atom stereocenters. The molecule has 0 saturated carbocycles. The van der Waals surface area contributed by atoms with E-state index in [1.807, 2.05) is 36.5 Å². The second-order valence-corrected chi connectivity index (χ2v) is 5.35. The Morgan fingerprint density at radius 1 is 1.25 bits per heavy atom. The molecule has 1 aromatic carbocycles. The Hall–Kier alpha value is -1.39. The smallest absolute Gasteiger partial charge is 0.122 e. The van der Waals surface area contributed by atoms with E-state index in [0.717, 1.165) is 28.9 Å². The molecule has 1 heterocycles. The zero-order chi connectivity index (χ0) is 14.4. The van der Waals surface area contributed by atoms with Crippen LogP contribution in [-0.4, -0.2) is 18.6 Å². The van der Waals surface area contributed by atoms with Crippen molar-refractivity contribution in [2.45, 2.75) is 19.4 Å². The van der Waals surface area contributed by atoms with Crippen LogP contribution in [0.4, 0.5) is 0 Å². The fraction of sp³-hybridized carbons (Fsp3) is 0.312. The third-order valence-corrected chi connectivity index (χ3v) is 3.85. The lowest BCUT2D eigenvalue weighted by atomic mass is 10.0. The highest BCUT2D eigenvalue weighted by molar-refractivity contribution is 9.10. The van der Waals surface area contributed by atoms with Crippen LogP contribution < -0.4 is 10.1 Å². The molecule has 3 nitrogen and oxygen atoms in total. The van der Waals surface area contributed by atoms with Crippen LogP contribution in [0.2, 0.25) is 0 Å². The van der Waals surface area contributed by atoms with Crippen LogP contribution in [0.3, 0.4) is 0 Å². The van der Waals surface area contributed by atoms with Gasteiger partial charge in [-0.15, -0.1) is 0 Å². The monoisotopic (exact) mass is 334 g/mol. The second kappa shape index (κ2) is 7.41. The summed E-state index contributed by atoms with van der Waals surface area (Å²) in [7, 11) is 1.71. The molecule has 2 aromatic rings. The van der Waals surface area contributed by atoms with E-state index in [0.29, 0.717) is 0 Å². The molecule has 4 heteroatoms. The van der Waals surface area contributed by atoms with E-state index in [9.17, 15) is 0 Å². The summed E-state index contributed by atoms with van der Waals surface area (Å²) >= 11 is 3.58. The summed E-state index contributed by atoms with van der Waals surface area (Å²) in [5.74, 6) is 0.919. The predicted molar refractivity (Wildman–Crippen MR) is 85.1 cm³/mol. The maximum absolute atomic E-state index is 5.43. The predicted octanol–water partition coefficient (Wildman–Crippen LogP) is 3.75. The number of rotatable bonds is 6. The van der Waals surface area contributed by atoms with Crippen LogP contribution in [-0.2, 0) is 6.42 Å². The van der Waals surface area contributed by atoms with E-state index in [1.165, 1.54) is 5.56 Å². The van der Waals surface area contributed by atoms with Crippen molar-refractivity contribution in [3.63, 3.8) is 0 Å². The van der Waals surface area contributed by atoms with E-state index < -0.39 is 0 Å². The van der Waals surface area contributed by atoms with Crippen molar-refractivity contribution in [1.29, 1.82) is 0 Å². The van der Waals surface area contributed by atoms with Gasteiger partial charge in [0.05, 0.1) is 18.8 Å². The van der Waals surface area contributed by atoms with E-state index in [1.54, 1.807) is 7.11 Å². The quantitative estimate of drug-likeness (QED) is 0.873. The highest BCUT2D eigenvalue weighted by Gasteiger charge is 2.17. The lowest BCUT2D eigenvalue weighted by Gasteiger charge is -2.20. The van der Waals surface area contributed by atoms with Crippen LogP contribution in [0.15, 0.2) is 47.1 Å². The van der Waals surface area contributed by atoms with Crippen molar-refractivity contribution >= 4 is 15.9 Å². The lowest BCUT2D eigenvalue weighted by molar-refractivity contribution is 0.405. The molecule has 20 heavy (non-hydrogen) atoms. The standard InChI is InChI=1S/C16H19BrN2O/c1-3-18-14(16-13(17)8-6-10-19-16)11-12-7-4-5-9-15(12)20-2/h4-10,14,18H,3,11H2,1-2H3. The van der Waals surface area contributed by atoms with Crippen molar-refractivity contribution in [3.8, 4) is 5.75 Å². The Morgan fingerprint density at radius 2 is 2.05 bits per heavy atom. The van der Waals surface area contributed by atoms with Gasteiger partial charge in [0, 0.05) is 10.7 Å². The summed E-state index contributed by atoms with van der Waals surface area (Å²) in [6.45, 7) is 2.99. The van der Waals surface area contributed by atoms with Gasteiger partial charge in [-0.25, -0.2) is 0 Å². The SMILES string of the molecule is CCNC(Cc1ccccc1OC)c1ncccc1Br. The van der Waals surface area contributed by atoms with Gasteiger partial charge in [-0.2, -0.15) is 0 Å². The van der Waals surface area contributed by atoms with Crippen molar-refractivity contribution in [2.24, 2.45) is 0 Å². The van der Waals surface area contributed by atoms with Gasteiger partial charge in [-0.3, -0.25) is 4.98 Å². The first-order valence-electron chi connectivity index (χ1n) is 6.72. The minimum Gasteiger partial charge on any atom is -0.496 e. The molecule has 0 saturated heterocycles. The molecule has 0 radical (unpaired) electrons. The average molecular weight is 335 g/mol. The topological polar surface area (TPSA) is 34.1 Å². The van der Waals surface area contributed by atoms with E-state index in [2.05, 4.69) is 39.2 Å². The maximum atomic E-state index is 5.43. The normalized spacial score (nSPS) is 12.2. The molecule has 106 valence electrons. The molecule has 1 unspecified atom stereocenters. The Morgan fingerprint density at radius 3 is 2.75 bits per heavy atom. The summed E-state index contributed by atoms with van der Waals surface area (Å²) in [4.78, 5) is 4.50. The number of nitrogens with one attached hydrogen (secondary N) is 1. The summed E-state index contributed by atoms with van der Waals surface area (Å²) in [5, 5.41) is 3.49. The van der Waals surface area contributed by atoms with Gasteiger partial charge in [-0.1, -0.05) is 25.1 Å².